The number of hydrogen-bond acceptors (Lipinski definition) is 4. The van der Waals surface area contributed by atoms with Crippen molar-refractivity contribution in [2.24, 2.45) is 0 Å². The molecule has 8 heteroatoms. The molecule has 0 unspecified atom stereocenters. The molecule has 1 aromatic carbocycles. The first-order chi connectivity index (χ1) is 10.8. The van der Waals surface area contributed by atoms with E-state index in [9.17, 15) is 18.3 Å². The lowest BCUT2D eigenvalue weighted by Gasteiger charge is -2.35. The molecule has 0 bridgehead atoms. The second-order valence-corrected chi connectivity index (χ2v) is 5.92. The van der Waals surface area contributed by atoms with Crippen LogP contribution in [-0.4, -0.2) is 49.5 Å². The summed E-state index contributed by atoms with van der Waals surface area (Å²) in [5, 5.41) is 13.1. The van der Waals surface area contributed by atoms with Gasteiger partial charge in [-0.05, 0) is 24.1 Å². The Bertz CT molecular complexity index is 534. The monoisotopic (exact) mass is 352 g/mol. The van der Waals surface area contributed by atoms with E-state index >= 15 is 0 Å². The molecule has 1 aliphatic heterocycles. The van der Waals surface area contributed by atoms with Crippen molar-refractivity contribution in [1.29, 1.82) is 0 Å². The first kappa shape index (κ1) is 18.2. The summed E-state index contributed by atoms with van der Waals surface area (Å²) >= 11 is 5.99. The van der Waals surface area contributed by atoms with Gasteiger partial charge in [-0.15, -0.1) is 0 Å². The van der Waals surface area contributed by atoms with Gasteiger partial charge in [0.2, 0.25) is 0 Å². The van der Waals surface area contributed by atoms with Gasteiger partial charge in [-0.3, -0.25) is 4.90 Å². The number of halogens is 4. The van der Waals surface area contributed by atoms with Gasteiger partial charge in [-0.1, -0.05) is 11.6 Å². The molecule has 2 N–H and O–H groups in total. The van der Waals surface area contributed by atoms with Gasteiger partial charge in [0.15, 0.2) is 11.5 Å². The normalized spacial score (nSPS) is 18.0. The smallest absolute Gasteiger partial charge is 0.389 e. The summed E-state index contributed by atoms with van der Waals surface area (Å²) in [7, 11) is 1.38. The van der Waals surface area contributed by atoms with Gasteiger partial charge in [0.1, 0.15) is 0 Å². The van der Waals surface area contributed by atoms with Gasteiger partial charge < -0.3 is 15.2 Å². The zero-order valence-corrected chi connectivity index (χ0v) is 13.5. The molecule has 0 spiro atoms. The Hall–Kier alpha value is -1.18. The molecule has 1 atom stereocenters. The minimum atomic E-state index is -4.21. The maximum Gasteiger partial charge on any atom is 0.389 e. The summed E-state index contributed by atoms with van der Waals surface area (Å²) in [5.41, 5.74) is 0.621. The Morgan fingerprint density at radius 3 is 2.57 bits per heavy atom. The topological polar surface area (TPSA) is 44.7 Å². The zero-order valence-electron chi connectivity index (χ0n) is 12.8. The van der Waals surface area contributed by atoms with Gasteiger partial charge in [-0.2, -0.15) is 13.2 Å². The van der Waals surface area contributed by atoms with E-state index in [4.69, 9.17) is 16.3 Å². The van der Waals surface area contributed by atoms with E-state index in [1.54, 1.807) is 6.07 Å². The summed E-state index contributed by atoms with van der Waals surface area (Å²) in [6, 6.07) is 2.65. The van der Waals surface area contributed by atoms with E-state index in [1.165, 1.54) is 13.2 Å². The number of phenolic OH excluding ortho intramolecular Hbond substituents is 1. The molecule has 23 heavy (non-hydrogen) atoms. The average Bonchev–Trinajstić information content (AvgIpc) is 2.50. The van der Waals surface area contributed by atoms with E-state index in [1.807, 2.05) is 4.90 Å². The highest BCUT2D eigenvalue weighted by atomic mass is 35.5. The fourth-order valence-electron chi connectivity index (χ4n) is 2.80. The summed E-state index contributed by atoms with van der Waals surface area (Å²) in [6.45, 7) is 2.77. The molecule has 0 amide bonds. The molecule has 130 valence electrons. The minimum absolute atomic E-state index is 0.0617. The number of methoxy groups -OCH3 is 1. The van der Waals surface area contributed by atoms with E-state index < -0.39 is 18.6 Å². The van der Waals surface area contributed by atoms with Gasteiger partial charge in [-0.25, -0.2) is 0 Å². The second kappa shape index (κ2) is 7.59. The van der Waals surface area contributed by atoms with Gasteiger partial charge in [0.05, 0.1) is 12.1 Å². The highest BCUT2D eigenvalue weighted by Crippen LogP contribution is 2.40. The number of phenols is 1. The Balaban J connectivity index is 2.30. The van der Waals surface area contributed by atoms with Crippen LogP contribution >= 0.6 is 11.6 Å². The maximum absolute atomic E-state index is 12.7. The van der Waals surface area contributed by atoms with Crippen LogP contribution in [0.3, 0.4) is 0 Å². The average molecular weight is 353 g/mol. The highest BCUT2D eigenvalue weighted by Gasteiger charge is 2.32. The quantitative estimate of drug-likeness (QED) is 0.853. The van der Waals surface area contributed by atoms with Crippen LogP contribution < -0.4 is 10.1 Å². The zero-order chi connectivity index (χ0) is 17.0. The lowest BCUT2D eigenvalue weighted by Crippen LogP contribution is -2.45. The third kappa shape index (κ3) is 4.89. The SMILES string of the molecule is COc1cc([C@@H](CCC(F)(F)F)N2CCNCC2)cc(Cl)c1O. The van der Waals surface area contributed by atoms with Crippen molar-refractivity contribution >= 4 is 11.6 Å². The number of aromatic hydroxyl groups is 1. The van der Waals surface area contributed by atoms with Crippen molar-refractivity contribution in [3.05, 3.63) is 22.7 Å². The van der Waals surface area contributed by atoms with Crippen LogP contribution in [0.15, 0.2) is 12.1 Å². The van der Waals surface area contributed by atoms with E-state index in [0.717, 1.165) is 13.1 Å². The van der Waals surface area contributed by atoms with Crippen LogP contribution in [-0.2, 0) is 0 Å². The Labute approximate surface area is 138 Å². The molecular weight excluding hydrogens is 333 g/mol. The minimum Gasteiger partial charge on any atom is -0.503 e. The lowest BCUT2D eigenvalue weighted by atomic mass is 9.98. The van der Waals surface area contributed by atoms with E-state index in [0.29, 0.717) is 18.7 Å². The molecule has 0 radical (unpaired) electrons. The van der Waals surface area contributed by atoms with Crippen molar-refractivity contribution in [3.63, 3.8) is 0 Å². The standard InChI is InChI=1S/C15H20ClF3N2O2/c1-23-13-9-10(8-11(16)14(13)22)12(2-3-15(17,18)19)21-6-4-20-5-7-21/h8-9,12,20,22H,2-7H2,1H3/t12-/m1/s1. The fraction of sp³-hybridized carbons (Fsp3) is 0.600. The summed E-state index contributed by atoms with van der Waals surface area (Å²) in [5.74, 6) is -0.0348. The van der Waals surface area contributed by atoms with Gasteiger partial charge in [0.25, 0.3) is 0 Å². The summed E-state index contributed by atoms with van der Waals surface area (Å²) in [6.07, 6.45) is -5.15. The first-order valence-corrected chi connectivity index (χ1v) is 7.77. The number of nitrogens with zero attached hydrogens (tertiary/aromatic N) is 1. The largest absolute Gasteiger partial charge is 0.503 e. The van der Waals surface area contributed by atoms with Crippen molar-refractivity contribution in [3.8, 4) is 11.5 Å². The third-order valence-electron chi connectivity index (χ3n) is 3.95. The number of nitrogens with one attached hydrogen (secondary N) is 1. The fourth-order valence-corrected chi connectivity index (χ4v) is 3.02. The highest BCUT2D eigenvalue weighted by molar-refractivity contribution is 6.32. The molecule has 4 nitrogen and oxygen atoms in total. The molecule has 1 fully saturated rings. The molecule has 0 saturated carbocycles. The van der Waals surface area contributed by atoms with E-state index in [2.05, 4.69) is 5.32 Å². The number of hydrogen-bond donors (Lipinski definition) is 2. The Kier molecular flexibility index (Phi) is 6.00. The molecule has 0 aromatic heterocycles. The predicted octanol–water partition coefficient (Wildman–Crippen LogP) is 3.34. The maximum atomic E-state index is 12.7. The molecule has 1 aliphatic rings. The first-order valence-electron chi connectivity index (χ1n) is 7.39. The number of benzene rings is 1. The summed E-state index contributed by atoms with van der Waals surface area (Å²) < 4.78 is 43.1. The third-order valence-corrected chi connectivity index (χ3v) is 4.24. The van der Waals surface area contributed by atoms with Crippen molar-refractivity contribution in [2.45, 2.75) is 25.1 Å². The molecular formula is C15H20ClF3N2O2. The van der Waals surface area contributed by atoms with Gasteiger partial charge in [0, 0.05) is 38.6 Å². The summed E-state index contributed by atoms with van der Waals surface area (Å²) in [4.78, 5) is 2.00. The molecule has 1 aromatic rings. The molecule has 1 heterocycles. The van der Waals surface area contributed by atoms with Crippen LogP contribution in [0.5, 0.6) is 11.5 Å². The van der Waals surface area contributed by atoms with Crippen molar-refractivity contribution < 1.29 is 23.0 Å². The van der Waals surface area contributed by atoms with Crippen LogP contribution in [0, 0.1) is 0 Å². The van der Waals surface area contributed by atoms with Crippen LogP contribution in [0.4, 0.5) is 13.2 Å². The van der Waals surface area contributed by atoms with Crippen molar-refractivity contribution in [1.82, 2.24) is 10.2 Å². The lowest BCUT2D eigenvalue weighted by molar-refractivity contribution is -0.138. The molecule has 2 rings (SSSR count). The Morgan fingerprint density at radius 1 is 1.35 bits per heavy atom. The van der Waals surface area contributed by atoms with Crippen LogP contribution in [0.2, 0.25) is 5.02 Å². The number of rotatable bonds is 5. The Morgan fingerprint density at radius 2 is 2.00 bits per heavy atom. The number of piperazine rings is 1. The van der Waals surface area contributed by atoms with Crippen LogP contribution in [0.1, 0.15) is 24.4 Å². The van der Waals surface area contributed by atoms with E-state index in [-0.39, 0.29) is 22.9 Å². The molecule has 0 aliphatic carbocycles. The predicted molar refractivity (Wildman–Crippen MR) is 82.1 cm³/mol. The number of ether oxygens (including phenoxy) is 1. The second-order valence-electron chi connectivity index (χ2n) is 5.51. The number of alkyl halides is 3. The molecule has 1 saturated heterocycles. The van der Waals surface area contributed by atoms with Crippen LogP contribution in [0.25, 0.3) is 0 Å². The van der Waals surface area contributed by atoms with Gasteiger partial charge >= 0.3 is 6.18 Å². The van der Waals surface area contributed by atoms with Crippen molar-refractivity contribution in [2.75, 3.05) is 33.3 Å².